The van der Waals surface area contributed by atoms with Gasteiger partial charge in [-0.3, -0.25) is 14.9 Å². The zero-order valence-electron chi connectivity index (χ0n) is 21.4. The third-order valence-corrected chi connectivity index (χ3v) is 8.80. The Bertz CT molecular complexity index is 1710. The molecule has 0 unspecified atom stereocenters. The average Bonchev–Trinajstić information content (AvgIpc) is 3.38. The van der Waals surface area contributed by atoms with E-state index in [0.29, 0.717) is 0 Å². The fraction of sp³-hybridized carbons (Fsp3) is 0.222. The molecule has 2 atom stereocenters. The summed E-state index contributed by atoms with van der Waals surface area (Å²) in [5.74, 6) is -19.0. The second-order valence-electron chi connectivity index (χ2n) is 9.32. The van der Waals surface area contributed by atoms with Crippen LogP contribution in [0.1, 0.15) is 27.4 Å². The number of ketones is 1. The highest BCUT2D eigenvalue weighted by Crippen LogP contribution is 2.59. The number of halogens is 9. The molecular weight excluding hydrogens is 654 g/mol. The van der Waals surface area contributed by atoms with Crippen LogP contribution in [0.15, 0.2) is 89.8 Å². The van der Waals surface area contributed by atoms with E-state index in [1.165, 1.54) is 48.5 Å². The number of rotatable bonds is 10. The second kappa shape index (κ2) is 11.1. The fourth-order valence-electron chi connectivity index (χ4n) is 4.39. The van der Waals surface area contributed by atoms with Crippen molar-refractivity contribution in [2.45, 2.75) is 34.5 Å². The number of alkyl halides is 9. The number of non-ortho nitro benzene ring substituents is 1. The van der Waals surface area contributed by atoms with E-state index in [-0.39, 0.29) is 5.56 Å². The fourth-order valence-corrected chi connectivity index (χ4v) is 6.25. The van der Waals surface area contributed by atoms with Crippen LogP contribution >= 0.6 is 11.6 Å². The number of hydrogen-bond acceptors (Lipinski definition) is 6. The molecule has 4 rings (SSSR count). The van der Waals surface area contributed by atoms with Gasteiger partial charge in [-0.25, -0.2) is 8.42 Å². The minimum atomic E-state index is -7.33. The summed E-state index contributed by atoms with van der Waals surface area (Å²) in [6.45, 7) is 0. The zero-order chi connectivity index (χ0) is 32.9. The molecule has 3 aromatic rings. The highest BCUT2D eigenvalue weighted by atomic mass is 35.5. The summed E-state index contributed by atoms with van der Waals surface area (Å²) in [7, 11) is -7.20. The molecule has 0 N–H and O–H groups in total. The van der Waals surface area contributed by atoms with Crippen LogP contribution in [0.2, 0.25) is 0 Å². The molecule has 0 saturated heterocycles. The largest absolute Gasteiger partial charge is 0.480 e. The van der Waals surface area contributed by atoms with E-state index >= 15 is 8.78 Å². The Morgan fingerprint density at radius 1 is 0.795 bits per heavy atom. The van der Waals surface area contributed by atoms with E-state index in [4.69, 9.17) is 4.74 Å². The SMILES string of the molecule is O=C(c1ccccc1)[C@@H]1OC(c2ccccc2)=C(S(=O)(=O)C(F)(F)C(F)(F)C(F)(F)C(F)(F)Cl)[C@H]1c1ccc([N+](=O)[O-])cc1. The number of Topliss-reactive ketones (excluding diaryl/α,β-unsaturated/α-hetero) is 1. The van der Waals surface area contributed by atoms with Crippen molar-refractivity contribution >= 4 is 38.7 Å². The number of sulfone groups is 1. The lowest BCUT2D eigenvalue weighted by molar-refractivity contribution is -0.384. The summed E-state index contributed by atoms with van der Waals surface area (Å²) < 4.78 is 147. The van der Waals surface area contributed by atoms with Gasteiger partial charge < -0.3 is 4.74 Å². The smallest absolute Gasteiger partial charge is 0.417 e. The van der Waals surface area contributed by atoms with Gasteiger partial charge in [-0.05, 0) is 17.2 Å². The Kier molecular flexibility index (Phi) is 8.32. The maximum Gasteiger partial charge on any atom is 0.417 e. The lowest BCUT2D eigenvalue weighted by atomic mass is 9.89. The van der Waals surface area contributed by atoms with Crippen molar-refractivity contribution in [3.8, 4) is 0 Å². The van der Waals surface area contributed by atoms with E-state index in [9.17, 15) is 49.7 Å². The predicted molar refractivity (Wildman–Crippen MR) is 139 cm³/mol. The number of benzene rings is 3. The monoisotopic (exact) mass is 669 g/mol. The molecule has 3 aromatic carbocycles. The second-order valence-corrected chi connectivity index (χ2v) is 11.8. The van der Waals surface area contributed by atoms with Crippen molar-refractivity contribution in [1.29, 1.82) is 0 Å². The number of nitrogens with zero attached hydrogens (tertiary/aromatic N) is 1. The Morgan fingerprint density at radius 3 is 1.77 bits per heavy atom. The van der Waals surface area contributed by atoms with Crippen molar-refractivity contribution in [3.05, 3.63) is 117 Å². The molecule has 0 saturated carbocycles. The van der Waals surface area contributed by atoms with Crippen LogP contribution in [-0.2, 0) is 14.6 Å². The molecule has 17 heteroatoms. The summed E-state index contributed by atoms with van der Waals surface area (Å²) in [6, 6.07) is 15.6. The summed E-state index contributed by atoms with van der Waals surface area (Å²) in [4.78, 5) is 22.0. The first-order valence-electron chi connectivity index (χ1n) is 12.0. The number of ether oxygens (including phenoxy) is 1. The standard InChI is InChI=1S/C27H16ClF8NO6S/c28-26(33,34)24(29,30)25(31,32)27(35,36)44(41,42)23-19(15-11-13-18(14-12-15)37(39)40)22(20(38)16-7-3-1-4-8-16)43-21(23)17-9-5-2-6-10-17/h1-14,19,22H/t19-,22+/m0/s1. The van der Waals surface area contributed by atoms with Gasteiger partial charge in [0.05, 0.1) is 10.8 Å². The molecule has 1 aliphatic heterocycles. The Labute approximate surface area is 247 Å². The van der Waals surface area contributed by atoms with Crippen LogP contribution in [0.4, 0.5) is 40.8 Å². The van der Waals surface area contributed by atoms with Crippen LogP contribution < -0.4 is 0 Å². The first-order chi connectivity index (χ1) is 20.3. The summed E-state index contributed by atoms with van der Waals surface area (Å²) in [5.41, 5.74) is -1.70. The van der Waals surface area contributed by atoms with Crippen molar-refractivity contribution < 1.29 is 58.0 Å². The van der Waals surface area contributed by atoms with Crippen molar-refractivity contribution in [1.82, 2.24) is 0 Å². The van der Waals surface area contributed by atoms with Crippen LogP contribution in [0.3, 0.4) is 0 Å². The van der Waals surface area contributed by atoms with Gasteiger partial charge in [-0.2, -0.15) is 35.1 Å². The lowest BCUT2D eigenvalue weighted by Crippen LogP contribution is -2.63. The maximum atomic E-state index is 15.4. The number of nitro benzene ring substituents is 1. The highest BCUT2D eigenvalue weighted by molar-refractivity contribution is 7.96. The van der Waals surface area contributed by atoms with Crippen LogP contribution in [0, 0.1) is 10.1 Å². The lowest BCUT2D eigenvalue weighted by Gasteiger charge is -2.34. The van der Waals surface area contributed by atoms with Gasteiger partial charge in [-0.15, -0.1) is 0 Å². The molecule has 0 radical (unpaired) electrons. The molecule has 0 spiro atoms. The predicted octanol–water partition coefficient (Wildman–Crippen LogP) is 7.44. The third kappa shape index (κ3) is 5.19. The highest BCUT2D eigenvalue weighted by Gasteiger charge is 2.85. The van der Waals surface area contributed by atoms with Crippen molar-refractivity contribution in [3.63, 3.8) is 0 Å². The van der Waals surface area contributed by atoms with Crippen LogP contribution in [-0.4, -0.2) is 47.7 Å². The van der Waals surface area contributed by atoms with Gasteiger partial charge >= 0.3 is 22.5 Å². The first kappa shape index (κ1) is 32.9. The zero-order valence-corrected chi connectivity index (χ0v) is 23.0. The topological polar surface area (TPSA) is 104 Å². The number of hydrogen-bond donors (Lipinski definition) is 0. The first-order valence-corrected chi connectivity index (χ1v) is 13.9. The summed E-state index contributed by atoms with van der Waals surface area (Å²) >= 11 is 4.02. The number of nitro groups is 1. The maximum absolute atomic E-state index is 15.4. The van der Waals surface area contributed by atoms with Crippen LogP contribution in [0.25, 0.3) is 5.76 Å². The molecule has 234 valence electrons. The molecule has 0 fully saturated rings. The van der Waals surface area contributed by atoms with Crippen LogP contribution in [0.5, 0.6) is 0 Å². The molecule has 0 aliphatic carbocycles. The molecule has 1 heterocycles. The molecule has 7 nitrogen and oxygen atoms in total. The minimum absolute atomic E-state index is 0.194. The van der Waals surface area contributed by atoms with Gasteiger partial charge in [-0.1, -0.05) is 72.8 Å². The summed E-state index contributed by atoms with van der Waals surface area (Å²) in [6.07, 6.45) is -2.15. The molecular formula is C27H16ClF8NO6S. The van der Waals surface area contributed by atoms with Crippen molar-refractivity contribution in [2.75, 3.05) is 0 Å². The quantitative estimate of drug-likeness (QED) is 0.0731. The van der Waals surface area contributed by atoms with Gasteiger partial charge in [0.1, 0.15) is 10.7 Å². The van der Waals surface area contributed by atoms with E-state index in [0.717, 1.165) is 36.4 Å². The Hall–Kier alpha value is -4.05. The van der Waals surface area contributed by atoms with E-state index in [2.05, 4.69) is 11.6 Å². The Balaban J connectivity index is 2.05. The number of carbonyl (C=O) groups excluding carboxylic acids is 1. The van der Waals surface area contributed by atoms with E-state index < -0.39 is 82.5 Å². The van der Waals surface area contributed by atoms with E-state index in [1.54, 1.807) is 0 Å². The number of carbonyl (C=O) groups is 1. The molecule has 0 bridgehead atoms. The third-order valence-electron chi connectivity index (χ3n) is 6.61. The Morgan fingerprint density at radius 2 is 1.30 bits per heavy atom. The van der Waals surface area contributed by atoms with Gasteiger partial charge in [0, 0.05) is 23.3 Å². The summed E-state index contributed by atoms with van der Waals surface area (Å²) in [5, 5.41) is -2.18. The average molecular weight is 670 g/mol. The normalized spacial score (nSPS) is 18.2. The molecule has 0 aromatic heterocycles. The van der Waals surface area contributed by atoms with E-state index in [1.807, 2.05) is 0 Å². The molecule has 1 aliphatic rings. The minimum Gasteiger partial charge on any atom is -0.480 e. The van der Waals surface area contributed by atoms with Gasteiger partial charge in [0.2, 0.25) is 5.78 Å². The van der Waals surface area contributed by atoms with Gasteiger partial charge in [0.15, 0.2) is 6.10 Å². The van der Waals surface area contributed by atoms with Crippen molar-refractivity contribution in [2.24, 2.45) is 0 Å². The van der Waals surface area contributed by atoms with Gasteiger partial charge in [0.25, 0.3) is 15.5 Å². The molecule has 44 heavy (non-hydrogen) atoms. The molecule has 0 amide bonds.